The number of aliphatic carboxylic acids is 1. The minimum atomic E-state index is -0.790. The summed E-state index contributed by atoms with van der Waals surface area (Å²) in [5.41, 5.74) is -0.213. The Morgan fingerprint density at radius 2 is 2.44 bits per heavy atom. The molecule has 1 heterocycles. The molecule has 0 saturated heterocycles. The van der Waals surface area contributed by atoms with E-state index in [-0.39, 0.29) is 18.0 Å². The molecule has 0 saturated carbocycles. The second kappa shape index (κ2) is 5.89. The van der Waals surface area contributed by atoms with Crippen LogP contribution in [0, 0.1) is 0 Å². The molecule has 16 heavy (non-hydrogen) atoms. The van der Waals surface area contributed by atoms with Crippen LogP contribution in [0.1, 0.15) is 26.2 Å². The van der Waals surface area contributed by atoms with Crippen molar-refractivity contribution in [2.24, 2.45) is 0 Å². The van der Waals surface area contributed by atoms with Gasteiger partial charge in [-0.05, 0) is 19.8 Å². The summed E-state index contributed by atoms with van der Waals surface area (Å²) >= 11 is 0. The topological polar surface area (TPSA) is 95.1 Å². The van der Waals surface area contributed by atoms with E-state index in [1.54, 1.807) is 0 Å². The molecule has 0 aromatic carbocycles. The zero-order valence-electron chi connectivity index (χ0n) is 9.06. The van der Waals surface area contributed by atoms with Crippen LogP contribution in [0.15, 0.2) is 17.2 Å². The number of carbonyl (C=O) groups is 1. The Kier molecular flexibility index (Phi) is 4.50. The van der Waals surface area contributed by atoms with Crippen LogP contribution in [0.2, 0.25) is 0 Å². The Balaban J connectivity index is 2.36. The van der Waals surface area contributed by atoms with Crippen LogP contribution in [0.25, 0.3) is 0 Å². The SMILES string of the molecule is CC(CCCC(=O)O)Nc1cc(=O)[nH]cn1. The normalized spacial score (nSPS) is 12.1. The molecule has 0 fully saturated rings. The van der Waals surface area contributed by atoms with E-state index in [9.17, 15) is 9.59 Å². The van der Waals surface area contributed by atoms with Gasteiger partial charge in [0.1, 0.15) is 5.82 Å². The maximum atomic E-state index is 11.0. The Hall–Kier alpha value is -1.85. The highest BCUT2D eigenvalue weighted by atomic mass is 16.4. The maximum absolute atomic E-state index is 11.0. The van der Waals surface area contributed by atoms with Gasteiger partial charge in [-0.15, -0.1) is 0 Å². The largest absolute Gasteiger partial charge is 0.481 e. The number of rotatable bonds is 6. The van der Waals surface area contributed by atoms with Crippen molar-refractivity contribution in [2.45, 2.75) is 32.2 Å². The minimum Gasteiger partial charge on any atom is -0.481 e. The van der Waals surface area contributed by atoms with Crippen molar-refractivity contribution in [1.82, 2.24) is 9.97 Å². The molecule has 1 aromatic heterocycles. The average Bonchev–Trinajstić information content (AvgIpc) is 2.16. The zero-order chi connectivity index (χ0) is 12.0. The van der Waals surface area contributed by atoms with Crippen LogP contribution in [0.5, 0.6) is 0 Å². The van der Waals surface area contributed by atoms with Crippen molar-refractivity contribution in [3.05, 3.63) is 22.7 Å². The third kappa shape index (κ3) is 4.59. The molecule has 0 aliphatic heterocycles. The zero-order valence-corrected chi connectivity index (χ0v) is 9.06. The summed E-state index contributed by atoms with van der Waals surface area (Å²) in [5, 5.41) is 11.5. The van der Waals surface area contributed by atoms with Crippen molar-refractivity contribution in [3.63, 3.8) is 0 Å². The van der Waals surface area contributed by atoms with E-state index in [0.29, 0.717) is 12.2 Å². The van der Waals surface area contributed by atoms with Crippen molar-refractivity contribution in [3.8, 4) is 0 Å². The quantitative estimate of drug-likeness (QED) is 0.666. The monoisotopic (exact) mass is 225 g/mol. The summed E-state index contributed by atoms with van der Waals surface area (Å²) < 4.78 is 0. The summed E-state index contributed by atoms with van der Waals surface area (Å²) in [6.45, 7) is 1.92. The lowest BCUT2D eigenvalue weighted by molar-refractivity contribution is -0.137. The van der Waals surface area contributed by atoms with E-state index < -0.39 is 5.97 Å². The highest BCUT2D eigenvalue weighted by Gasteiger charge is 2.04. The van der Waals surface area contributed by atoms with Crippen molar-refractivity contribution >= 4 is 11.8 Å². The molecule has 0 spiro atoms. The molecule has 1 atom stereocenters. The van der Waals surface area contributed by atoms with Gasteiger partial charge in [-0.1, -0.05) is 0 Å². The third-order valence-electron chi connectivity index (χ3n) is 2.10. The van der Waals surface area contributed by atoms with Crippen LogP contribution in [-0.2, 0) is 4.79 Å². The van der Waals surface area contributed by atoms with E-state index in [2.05, 4.69) is 15.3 Å². The van der Waals surface area contributed by atoms with Crippen LogP contribution < -0.4 is 10.9 Å². The molecule has 6 heteroatoms. The summed E-state index contributed by atoms with van der Waals surface area (Å²) in [7, 11) is 0. The number of H-pyrrole nitrogens is 1. The van der Waals surface area contributed by atoms with Crippen LogP contribution in [0.4, 0.5) is 5.82 Å². The number of nitrogens with one attached hydrogen (secondary N) is 2. The number of hydrogen-bond donors (Lipinski definition) is 3. The molecule has 0 bridgehead atoms. The summed E-state index contributed by atoms with van der Waals surface area (Å²) in [6.07, 6.45) is 2.82. The van der Waals surface area contributed by atoms with Gasteiger partial charge in [-0.3, -0.25) is 9.59 Å². The van der Waals surface area contributed by atoms with Crippen molar-refractivity contribution in [2.75, 3.05) is 5.32 Å². The highest BCUT2D eigenvalue weighted by molar-refractivity contribution is 5.66. The number of hydrogen-bond acceptors (Lipinski definition) is 4. The first-order chi connectivity index (χ1) is 7.58. The predicted molar refractivity (Wildman–Crippen MR) is 59.4 cm³/mol. The molecule has 6 nitrogen and oxygen atoms in total. The summed E-state index contributed by atoms with van der Waals surface area (Å²) in [6, 6.07) is 1.46. The molecule has 88 valence electrons. The predicted octanol–water partition coefficient (Wildman–Crippen LogP) is 0.825. The van der Waals surface area contributed by atoms with Gasteiger partial charge in [0.25, 0.3) is 5.56 Å². The number of aromatic amines is 1. The van der Waals surface area contributed by atoms with Crippen LogP contribution in [0.3, 0.4) is 0 Å². The first-order valence-corrected chi connectivity index (χ1v) is 5.11. The molecule has 0 aliphatic rings. The average molecular weight is 225 g/mol. The molecule has 0 amide bonds. The number of carboxylic acid groups (broad SMARTS) is 1. The minimum absolute atomic E-state index is 0.0913. The lowest BCUT2D eigenvalue weighted by Crippen LogP contribution is -2.18. The van der Waals surface area contributed by atoms with E-state index >= 15 is 0 Å². The highest BCUT2D eigenvalue weighted by Crippen LogP contribution is 2.06. The standard InChI is InChI=1S/C10H15N3O3/c1-7(3-2-4-10(15)16)13-8-5-9(14)12-6-11-8/h5-7H,2-4H2,1H3,(H,15,16)(H2,11,12,13,14). The molecule has 3 N–H and O–H groups in total. The van der Waals surface area contributed by atoms with Gasteiger partial charge in [0.15, 0.2) is 0 Å². The van der Waals surface area contributed by atoms with Crippen molar-refractivity contribution in [1.29, 1.82) is 0 Å². The van der Waals surface area contributed by atoms with Crippen LogP contribution in [-0.4, -0.2) is 27.1 Å². The Bertz CT molecular complexity index is 402. The van der Waals surface area contributed by atoms with E-state index in [1.807, 2.05) is 6.92 Å². The molecular weight excluding hydrogens is 210 g/mol. The lowest BCUT2D eigenvalue weighted by Gasteiger charge is -2.13. The molecule has 0 radical (unpaired) electrons. The third-order valence-corrected chi connectivity index (χ3v) is 2.10. The van der Waals surface area contributed by atoms with Crippen LogP contribution >= 0.6 is 0 Å². The first-order valence-electron chi connectivity index (χ1n) is 5.11. The number of anilines is 1. The number of nitrogens with zero attached hydrogens (tertiary/aromatic N) is 1. The van der Waals surface area contributed by atoms with Gasteiger partial charge < -0.3 is 15.4 Å². The van der Waals surface area contributed by atoms with Crippen molar-refractivity contribution < 1.29 is 9.90 Å². The number of carboxylic acids is 1. The summed E-state index contributed by atoms with van der Waals surface area (Å²) in [4.78, 5) is 27.6. The molecule has 1 aromatic rings. The molecular formula is C10H15N3O3. The molecule has 1 rings (SSSR count). The van der Waals surface area contributed by atoms with Gasteiger partial charge in [-0.25, -0.2) is 4.98 Å². The first kappa shape index (κ1) is 12.2. The van der Waals surface area contributed by atoms with E-state index in [0.717, 1.165) is 6.42 Å². The van der Waals surface area contributed by atoms with Gasteiger partial charge in [-0.2, -0.15) is 0 Å². The van der Waals surface area contributed by atoms with Gasteiger partial charge in [0.05, 0.1) is 6.33 Å². The Morgan fingerprint density at radius 3 is 3.06 bits per heavy atom. The smallest absolute Gasteiger partial charge is 0.303 e. The molecule has 0 aliphatic carbocycles. The van der Waals surface area contributed by atoms with Gasteiger partial charge >= 0.3 is 5.97 Å². The fourth-order valence-electron chi connectivity index (χ4n) is 1.33. The number of aromatic nitrogens is 2. The lowest BCUT2D eigenvalue weighted by atomic mass is 10.1. The second-order valence-corrected chi connectivity index (χ2v) is 3.63. The fourth-order valence-corrected chi connectivity index (χ4v) is 1.33. The molecule has 1 unspecified atom stereocenters. The van der Waals surface area contributed by atoms with Gasteiger partial charge in [0, 0.05) is 18.5 Å². The fraction of sp³-hybridized carbons (Fsp3) is 0.500. The van der Waals surface area contributed by atoms with E-state index in [4.69, 9.17) is 5.11 Å². The van der Waals surface area contributed by atoms with Gasteiger partial charge in [0.2, 0.25) is 0 Å². The Morgan fingerprint density at radius 1 is 1.69 bits per heavy atom. The maximum Gasteiger partial charge on any atom is 0.303 e. The van der Waals surface area contributed by atoms with E-state index in [1.165, 1.54) is 12.4 Å². The Labute approximate surface area is 92.7 Å². The second-order valence-electron chi connectivity index (χ2n) is 3.63. The summed E-state index contributed by atoms with van der Waals surface area (Å²) in [5.74, 6) is -0.284.